The van der Waals surface area contributed by atoms with Crippen LogP contribution in [0.2, 0.25) is 0 Å². The van der Waals surface area contributed by atoms with Crippen molar-refractivity contribution in [1.29, 1.82) is 0 Å². The van der Waals surface area contributed by atoms with E-state index in [0.717, 1.165) is 25.5 Å². The fourth-order valence-electron chi connectivity index (χ4n) is 1.65. The second-order valence-corrected chi connectivity index (χ2v) is 4.47. The summed E-state index contributed by atoms with van der Waals surface area (Å²) in [5, 5.41) is 0. The summed E-state index contributed by atoms with van der Waals surface area (Å²) in [6.45, 7) is 2.23. The van der Waals surface area contributed by atoms with Gasteiger partial charge < -0.3 is 4.79 Å². The maximum Gasteiger partial charge on any atom is 0.119 e. The quantitative estimate of drug-likeness (QED) is 0.258. The average Bonchev–Trinajstić information content (AvgIpc) is 2.35. The van der Waals surface area contributed by atoms with Gasteiger partial charge in [-0.2, -0.15) is 0 Å². The molecule has 0 saturated heterocycles. The molecule has 0 spiro atoms. The van der Waals surface area contributed by atoms with Gasteiger partial charge in [0.1, 0.15) is 6.29 Å². The van der Waals surface area contributed by atoms with Crippen LogP contribution < -0.4 is 0 Å². The molecule has 0 bridgehead atoms. The highest BCUT2D eigenvalue weighted by atomic mass is 16.1. The Balaban J connectivity index is 3.14. The summed E-state index contributed by atoms with van der Waals surface area (Å²) in [6.07, 6.45) is 21.7. The zero-order valence-corrected chi connectivity index (χ0v) is 11.4. The Morgan fingerprint density at radius 3 is 1.76 bits per heavy atom. The molecule has 1 nitrogen and oxygen atoms in total. The van der Waals surface area contributed by atoms with Crippen molar-refractivity contribution in [2.45, 2.75) is 71.1 Å². The molecule has 0 N–H and O–H groups in total. The lowest BCUT2D eigenvalue weighted by molar-refractivity contribution is -0.107. The zero-order valence-electron chi connectivity index (χ0n) is 11.4. The number of unbranched alkanes of at least 4 members (excludes halogenated alkanes) is 7. The van der Waals surface area contributed by atoms with Crippen molar-refractivity contribution in [2.24, 2.45) is 0 Å². The molecule has 0 rings (SSSR count). The van der Waals surface area contributed by atoms with Crippen molar-refractivity contribution in [3.8, 4) is 0 Å². The first kappa shape index (κ1) is 16.1. The van der Waals surface area contributed by atoms with Crippen LogP contribution in [0.1, 0.15) is 71.1 Å². The zero-order chi connectivity index (χ0) is 12.6. The van der Waals surface area contributed by atoms with Gasteiger partial charge in [0, 0.05) is 6.42 Å². The summed E-state index contributed by atoms with van der Waals surface area (Å²) in [5.74, 6) is 0. The Hall–Kier alpha value is -0.850. The van der Waals surface area contributed by atoms with Crippen molar-refractivity contribution < 1.29 is 4.79 Å². The molecule has 0 saturated carbocycles. The molecule has 0 amide bonds. The third-order valence-corrected chi connectivity index (χ3v) is 2.75. The molecule has 0 aromatic carbocycles. The molecule has 17 heavy (non-hydrogen) atoms. The van der Waals surface area contributed by atoms with Crippen LogP contribution in [0.3, 0.4) is 0 Å². The normalized spacial score (nSPS) is 11.6. The second-order valence-electron chi connectivity index (χ2n) is 4.47. The first-order valence-corrected chi connectivity index (χ1v) is 7.15. The SMILES string of the molecule is CCCCC=CCC/C=C\CCCCCC=O. The van der Waals surface area contributed by atoms with Crippen molar-refractivity contribution in [3.05, 3.63) is 24.3 Å². The number of rotatable bonds is 12. The van der Waals surface area contributed by atoms with Gasteiger partial charge in [0.2, 0.25) is 0 Å². The molecule has 0 aliphatic rings. The van der Waals surface area contributed by atoms with Gasteiger partial charge in [-0.25, -0.2) is 0 Å². The molecule has 0 aromatic rings. The van der Waals surface area contributed by atoms with Crippen LogP contribution in [0.15, 0.2) is 24.3 Å². The maximum absolute atomic E-state index is 10.1. The molecule has 0 aromatic heterocycles. The predicted molar refractivity (Wildman–Crippen MR) is 76.2 cm³/mol. The van der Waals surface area contributed by atoms with E-state index < -0.39 is 0 Å². The van der Waals surface area contributed by atoms with E-state index in [1.54, 1.807) is 0 Å². The molecule has 0 heterocycles. The Morgan fingerprint density at radius 2 is 1.18 bits per heavy atom. The van der Waals surface area contributed by atoms with Crippen LogP contribution >= 0.6 is 0 Å². The van der Waals surface area contributed by atoms with Crippen molar-refractivity contribution in [1.82, 2.24) is 0 Å². The topological polar surface area (TPSA) is 17.1 Å². The second kappa shape index (κ2) is 15.1. The van der Waals surface area contributed by atoms with Gasteiger partial charge in [-0.3, -0.25) is 0 Å². The third kappa shape index (κ3) is 15.1. The lowest BCUT2D eigenvalue weighted by Gasteiger charge is -1.93. The molecule has 0 radical (unpaired) electrons. The number of carbonyl (C=O) groups excluding carboxylic acids is 1. The summed E-state index contributed by atoms with van der Waals surface area (Å²) in [7, 11) is 0. The van der Waals surface area contributed by atoms with Gasteiger partial charge in [0.25, 0.3) is 0 Å². The summed E-state index contributed by atoms with van der Waals surface area (Å²) < 4.78 is 0. The number of allylic oxidation sites excluding steroid dienone is 4. The minimum atomic E-state index is 0.728. The van der Waals surface area contributed by atoms with Gasteiger partial charge in [0.15, 0.2) is 0 Å². The highest BCUT2D eigenvalue weighted by molar-refractivity contribution is 5.48. The van der Waals surface area contributed by atoms with Gasteiger partial charge >= 0.3 is 0 Å². The maximum atomic E-state index is 10.1. The van der Waals surface area contributed by atoms with E-state index in [1.165, 1.54) is 44.9 Å². The Morgan fingerprint density at radius 1 is 0.647 bits per heavy atom. The average molecular weight is 236 g/mol. The van der Waals surface area contributed by atoms with Gasteiger partial charge in [0.05, 0.1) is 0 Å². The molecule has 0 atom stereocenters. The predicted octanol–water partition coefficient (Wildman–Crippen LogP) is 5.22. The van der Waals surface area contributed by atoms with E-state index in [4.69, 9.17) is 0 Å². The summed E-state index contributed by atoms with van der Waals surface area (Å²) in [6, 6.07) is 0. The van der Waals surface area contributed by atoms with Crippen LogP contribution in [0.25, 0.3) is 0 Å². The Bertz CT molecular complexity index is 204. The number of hydrogen-bond acceptors (Lipinski definition) is 1. The van der Waals surface area contributed by atoms with Crippen LogP contribution in [-0.4, -0.2) is 6.29 Å². The van der Waals surface area contributed by atoms with Gasteiger partial charge in [-0.15, -0.1) is 0 Å². The van der Waals surface area contributed by atoms with Crippen molar-refractivity contribution in [2.75, 3.05) is 0 Å². The van der Waals surface area contributed by atoms with Gasteiger partial charge in [-0.1, -0.05) is 50.5 Å². The highest BCUT2D eigenvalue weighted by Crippen LogP contribution is 2.04. The number of aldehydes is 1. The van der Waals surface area contributed by atoms with E-state index in [2.05, 4.69) is 31.2 Å². The molecule has 0 unspecified atom stereocenters. The fourth-order valence-corrected chi connectivity index (χ4v) is 1.65. The number of carbonyl (C=O) groups is 1. The standard InChI is InChI=1S/C16H28O/c1-2-3-4-5-6-7-8-9-10-11-12-13-14-15-16-17/h5-6,9-10,16H,2-4,7-8,11-15H2,1H3/b6-5?,10-9-. The van der Waals surface area contributed by atoms with E-state index in [0.29, 0.717) is 0 Å². The first-order chi connectivity index (χ1) is 8.41. The lowest BCUT2D eigenvalue weighted by Crippen LogP contribution is -1.77. The molecular weight excluding hydrogens is 208 g/mol. The molecule has 0 fully saturated rings. The monoisotopic (exact) mass is 236 g/mol. The van der Waals surface area contributed by atoms with E-state index in [9.17, 15) is 4.79 Å². The summed E-state index contributed by atoms with van der Waals surface area (Å²) in [5.41, 5.74) is 0. The molecule has 98 valence electrons. The largest absolute Gasteiger partial charge is 0.303 e. The van der Waals surface area contributed by atoms with Crippen LogP contribution in [-0.2, 0) is 4.79 Å². The van der Waals surface area contributed by atoms with Gasteiger partial charge in [-0.05, 0) is 38.5 Å². The van der Waals surface area contributed by atoms with E-state index >= 15 is 0 Å². The lowest BCUT2D eigenvalue weighted by atomic mass is 10.1. The third-order valence-electron chi connectivity index (χ3n) is 2.75. The molecular formula is C16H28O. The molecule has 0 aliphatic heterocycles. The first-order valence-electron chi connectivity index (χ1n) is 7.15. The van der Waals surface area contributed by atoms with Crippen LogP contribution in [0.5, 0.6) is 0 Å². The van der Waals surface area contributed by atoms with Crippen molar-refractivity contribution >= 4 is 6.29 Å². The van der Waals surface area contributed by atoms with Crippen LogP contribution in [0.4, 0.5) is 0 Å². The Kier molecular flexibility index (Phi) is 14.4. The molecule has 0 aliphatic carbocycles. The smallest absolute Gasteiger partial charge is 0.119 e. The summed E-state index contributed by atoms with van der Waals surface area (Å²) >= 11 is 0. The summed E-state index contributed by atoms with van der Waals surface area (Å²) in [4.78, 5) is 10.1. The van der Waals surface area contributed by atoms with Crippen LogP contribution in [0, 0.1) is 0 Å². The Labute approximate surface area is 107 Å². The van der Waals surface area contributed by atoms with E-state index in [-0.39, 0.29) is 0 Å². The minimum absolute atomic E-state index is 0.728. The molecule has 1 heteroatoms. The van der Waals surface area contributed by atoms with E-state index in [1.807, 2.05) is 0 Å². The van der Waals surface area contributed by atoms with Crippen molar-refractivity contribution in [3.63, 3.8) is 0 Å². The highest BCUT2D eigenvalue weighted by Gasteiger charge is 1.86. The minimum Gasteiger partial charge on any atom is -0.303 e. The number of hydrogen-bond donors (Lipinski definition) is 0. The fraction of sp³-hybridized carbons (Fsp3) is 0.688.